The number of likely N-dealkylation sites (tertiary alicyclic amines) is 1. The van der Waals surface area contributed by atoms with Crippen LogP contribution in [0.25, 0.3) is 0 Å². The summed E-state index contributed by atoms with van der Waals surface area (Å²) >= 11 is 0. The third kappa shape index (κ3) is 4.51. The van der Waals surface area contributed by atoms with Gasteiger partial charge in [-0.25, -0.2) is 0 Å². The summed E-state index contributed by atoms with van der Waals surface area (Å²) in [5.74, 6) is 0.346. The first kappa shape index (κ1) is 14.4. The zero-order chi connectivity index (χ0) is 13.7. The molecular weight excluding hydrogens is 236 g/mol. The van der Waals surface area contributed by atoms with Crippen molar-refractivity contribution < 1.29 is 5.11 Å². The van der Waals surface area contributed by atoms with Crippen molar-refractivity contribution in [3.05, 3.63) is 29.8 Å². The highest BCUT2D eigenvalue weighted by molar-refractivity contribution is 5.26. The molecule has 1 heterocycles. The molecule has 3 heteroatoms. The van der Waals surface area contributed by atoms with Gasteiger partial charge in [0.15, 0.2) is 0 Å². The van der Waals surface area contributed by atoms with Gasteiger partial charge < -0.3 is 14.9 Å². The Labute approximate surface area is 116 Å². The molecule has 1 aromatic rings. The SMILES string of the molecule is CC(Cc1ccc(O)cc1)N(C)CCN1CCCC1. The van der Waals surface area contributed by atoms with Gasteiger partial charge in [-0.3, -0.25) is 0 Å². The third-order valence-electron chi connectivity index (χ3n) is 4.19. The molecule has 106 valence electrons. The molecule has 2 rings (SSSR count). The van der Waals surface area contributed by atoms with Crippen molar-refractivity contribution in [2.24, 2.45) is 0 Å². The summed E-state index contributed by atoms with van der Waals surface area (Å²) in [5.41, 5.74) is 1.29. The van der Waals surface area contributed by atoms with Gasteiger partial charge in [-0.1, -0.05) is 12.1 Å². The van der Waals surface area contributed by atoms with Crippen molar-refractivity contribution >= 4 is 0 Å². The molecule has 1 atom stereocenters. The number of hydrogen-bond donors (Lipinski definition) is 1. The molecule has 0 aromatic heterocycles. The Morgan fingerprint density at radius 3 is 2.47 bits per heavy atom. The molecule has 0 amide bonds. The smallest absolute Gasteiger partial charge is 0.115 e. The van der Waals surface area contributed by atoms with Crippen LogP contribution in [0.5, 0.6) is 5.75 Å². The van der Waals surface area contributed by atoms with E-state index in [9.17, 15) is 5.11 Å². The van der Waals surface area contributed by atoms with Crippen LogP contribution in [-0.4, -0.2) is 54.2 Å². The van der Waals surface area contributed by atoms with Gasteiger partial charge in [0.05, 0.1) is 0 Å². The van der Waals surface area contributed by atoms with Gasteiger partial charge in [0, 0.05) is 19.1 Å². The molecule has 0 spiro atoms. The summed E-state index contributed by atoms with van der Waals surface area (Å²) in [4.78, 5) is 4.99. The third-order valence-corrected chi connectivity index (χ3v) is 4.19. The highest BCUT2D eigenvalue weighted by Gasteiger charge is 2.14. The number of phenols is 1. The minimum atomic E-state index is 0.346. The fourth-order valence-electron chi connectivity index (χ4n) is 2.65. The van der Waals surface area contributed by atoms with E-state index in [2.05, 4.69) is 23.8 Å². The summed E-state index contributed by atoms with van der Waals surface area (Å²) in [6.45, 7) is 7.16. The predicted octanol–water partition coefficient (Wildman–Crippen LogP) is 2.35. The second-order valence-corrected chi connectivity index (χ2v) is 5.75. The first-order chi connectivity index (χ1) is 9.15. The number of phenolic OH excluding ortho intramolecular Hbond substituents is 1. The Morgan fingerprint density at radius 1 is 1.21 bits per heavy atom. The van der Waals surface area contributed by atoms with Crippen LogP contribution in [0, 0.1) is 0 Å². The van der Waals surface area contributed by atoms with Crippen LogP contribution in [0.2, 0.25) is 0 Å². The molecular formula is C16H26N2O. The normalized spacial score (nSPS) is 18.1. The Hall–Kier alpha value is -1.06. The van der Waals surface area contributed by atoms with E-state index in [0.717, 1.165) is 13.0 Å². The van der Waals surface area contributed by atoms with Gasteiger partial charge in [-0.2, -0.15) is 0 Å². The van der Waals surface area contributed by atoms with Crippen molar-refractivity contribution in [3.8, 4) is 5.75 Å². The lowest BCUT2D eigenvalue weighted by Gasteiger charge is -2.27. The fourth-order valence-corrected chi connectivity index (χ4v) is 2.65. The van der Waals surface area contributed by atoms with Gasteiger partial charge >= 0.3 is 0 Å². The second kappa shape index (κ2) is 6.92. The van der Waals surface area contributed by atoms with Crippen molar-refractivity contribution in [2.45, 2.75) is 32.2 Å². The molecule has 1 aliphatic heterocycles. The largest absolute Gasteiger partial charge is 0.508 e. The topological polar surface area (TPSA) is 26.7 Å². The van der Waals surface area contributed by atoms with Crippen molar-refractivity contribution in [2.75, 3.05) is 33.2 Å². The molecule has 19 heavy (non-hydrogen) atoms. The quantitative estimate of drug-likeness (QED) is 0.852. The lowest BCUT2D eigenvalue weighted by Crippen LogP contribution is -2.37. The molecule has 1 fully saturated rings. The maximum absolute atomic E-state index is 9.29. The zero-order valence-electron chi connectivity index (χ0n) is 12.2. The first-order valence-electron chi connectivity index (χ1n) is 7.35. The van der Waals surface area contributed by atoms with E-state index in [-0.39, 0.29) is 0 Å². The summed E-state index contributed by atoms with van der Waals surface area (Å²) < 4.78 is 0. The first-order valence-corrected chi connectivity index (χ1v) is 7.35. The molecule has 0 aliphatic carbocycles. The van der Waals surface area contributed by atoms with E-state index in [1.807, 2.05) is 12.1 Å². The molecule has 0 radical (unpaired) electrons. The fraction of sp³-hybridized carbons (Fsp3) is 0.625. The highest BCUT2D eigenvalue weighted by atomic mass is 16.3. The van der Waals surface area contributed by atoms with Gasteiger partial charge in [-0.15, -0.1) is 0 Å². The summed E-state index contributed by atoms with van der Waals surface area (Å²) in [6.07, 6.45) is 3.77. The molecule has 0 saturated carbocycles. The van der Waals surface area contributed by atoms with E-state index < -0.39 is 0 Å². The lowest BCUT2D eigenvalue weighted by atomic mass is 10.1. The van der Waals surface area contributed by atoms with E-state index in [4.69, 9.17) is 0 Å². The van der Waals surface area contributed by atoms with E-state index >= 15 is 0 Å². The predicted molar refractivity (Wildman–Crippen MR) is 79.6 cm³/mol. The minimum Gasteiger partial charge on any atom is -0.508 e. The van der Waals surface area contributed by atoms with Crippen LogP contribution in [0.3, 0.4) is 0 Å². The molecule has 3 nitrogen and oxygen atoms in total. The van der Waals surface area contributed by atoms with Crippen LogP contribution in [-0.2, 0) is 6.42 Å². The maximum Gasteiger partial charge on any atom is 0.115 e. The van der Waals surface area contributed by atoms with Crippen LogP contribution in [0.4, 0.5) is 0 Å². The van der Waals surface area contributed by atoms with Crippen LogP contribution in [0.1, 0.15) is 25.3 Å². The molecule has 1 aromatic carbocycles. The number of benzene rings is 1. The van der Waals surface area contributed by atoms with Gasteiger partial charge in [0.2, 0.25) is 0 Å². The molecule has 1 saturated heterocycles. The monoisotopic (exact) mass is 262 g/mol. The number of aromatic hydroxyl groups is 1. The number of likely N-dealkylation sites (N-methyl/N-ethyl adjacent to an activating group) is 1. The standard InChI is InChI=1S/C16H26N2O/c1-14(13-15-5-7-16(19)8-6-15)17(2)11-12-18-9-3-4-10-18/h5-8,14,19H,3-4,9-13H2,1-2H3. The minimum absolute atomic E-state index is 0.346. The number of rotatable bonds is 6. The van der Waals surface area contributed by atoms with Crippen LogP contribution < -0.4 is 0 Å². The maximum atomic E-state index is 9.29. The highest BCUT2D eigenvalue weighted by Crippen LogP contribution is 2.13. The summed E-state index contributed by atoms with van der Waals surface area (Å²) in [5, 5.41) is 9.29. The van der Waals surface area contributed by atoms with E-state index in [1.165, 1.54) is 38.0 Å². The van der Waals surface area contributed by atoms with E-state index in [1.54, 1.807) is 12.1 Å². The Balaban J connectivity index is 1.74. The van der Waals surface area contributed by atoms with E-state index in [0.29, 0.717) is 11.8 Å². The summed E-state index contributed by atoms with van der Waals surface area (Å²) in [7, 11) is 2.21. The number of nitrogens with zero attached hydrogens (tertiary/aromatic N) is 2. The van der Waals surface area contributed by atoms with Gasteiger partial charge in [-0.05, 0) is 64.0 Å². The average molecular weight is 262 g/mol. The van der Waals surface area contributed by atoms with Gasteiger partial charge in [0.25, 0.3) is 0 Å². The average Bonchev–Trinajstić information content (AvgIpc) is 2.91. The second-order valence-electron chi connectivity index (χ2n) is 5.75. The zero-order valence-corrected chi connectivity index (χ0v) is 12.2. The Kier molecular flexibility index (Phi) is 5.23. The molecule has 1 aliphatic rings. The van der Waals surface area contributed by atoms with Crippen LogP contribution in [0.15, 0.2) is 24.3 Å². The Morgan fingerprint density at radius 2 is 1.84 bits per heavy atom. The lowest BCUT2D eigenvalue weighted by molar-refractivity contribution is 0.214. The van der Waals surface area contributed by atoms with Gasteiger partial charge in [0.1, 0.15) is 5.75 Å². The van der Waals surface area contributed by atoms with Crippen molar-refractivity contribution in [1.29, 1.82) is 0 Å². The molecule has 0 bridgehead atoms. The van der Waals surface area contributed by atoms with Crippen molar-refractivity contribution in [3.63, 3.8) is 0 Å². The molecule has 1 N–H and O–H groups in total. The number of hydrogen-bond acceptors (Lipinski definition) is 3. The molecule has 1 unspecified atom stereocenters. The van der Waals surface area contributed by atoms with Crippen molar-refractivity contribution in [1.82, 2.24) is 9.80 Å². The van der Waals surface area contributed by atoms with Crippen LogP contribution >= 0.6 is 0 Å². The Bertz CT molecular complexity index is 371. The summed E-state index contributed by atoms with van der Waals surface area (Å²) in [6, 6.07) is 8.10.